The molecule has 0 aliphatic carbocycles. The van der Waals surface area contributed by atoms with E-state index in [-0.39, 0.29) is 23.2 Å². The third kappa shape index (κ3) is 5.34. The van der Waals surface area contributed by atoms with Gasteiger partial charge in [-0.15, -0.1) is 0 Å². The molecule has 0 aromatic heterocycles. The highest BCUT2D eigenvalue weighted by atomic mass is 32.2. The lowest BCUT2D eigenvalue weighted by molar-refractivity contribution is -0.124. The van der Waals surface area contributed by atoms with Crippen LogP contribution in [0.2, 0.25) is 0 Å². The Kier molecular flexibility index (Phi) is 7.26. The molecule has 5 nitrogen and oxygen atoms in total. The maximum Gasteiger partial charge on any atom is 0.243 e. The summed E-state index contributed by atoms with van der Waals surface area (Å²) in [5, 5.41) is 2.77. The Hall–Kier alpha value is -1.97. The number of hydrogen-bond donors (Lipinski definition) is 1. The van der Waals surface area contributed by atoms with Crippen molar-refractivity contribution in [2.75, 3.05) is 18.8 Å². The Morgan fingerprint density at radius 3 is 2.59 bits per heavy atom. The van der Waals surface area contributed by atoms with Crippen molar-refractivity contribution in [1.29, 1.82) is 0 Å². The van der Waals surface area contributed by atoms with Crippen LogP contribution >= 0.6 is 11.8 Å². The molecule has 0 radical (unpaired) electrons. The number of carbonyl (C=O) groups excluding carboxylic acids is 1. The van der Waals surface area contributed by atoms with Gasteiger partial charge in [-0.25, -0.2) is 17.2 Å². The number of benzene rings is 2. The van der Waals surface area contributed by atoms with Gasteiger partial charge in [-0.3, -0.25) is 4.79 Å². The fourth-order valence-corrected chi connectivity index (χ4v) is 5.69. The van der Waals surface area contributed by atoms with Crippen molar-refractivity contribution in [2.24, 2.45) is 0 Å². The molecule has 1 unspecified atom stereocenters. The van der Waals surface area contributed by atoms with Crippen LogP contribution in [0.3, 0.4) is 0 Å². The van der Waals surface area contributed by atoms with E-state index in [1.807, 2.05) is 0 Å². The Labute approximate surface area is 173 Å². The quantitative estimate of drug-likeness (QED) is 0.641. The minimum atomic E-state index is -3.87. The number of thioether (sulfide) groups is 1. The minimum Gasteiger partial charge on any atom is -0.354 e. The number of nitrogens with one attached hydrogen (secondary N) is 1. The Morgan fingerprint density at radius 2 is 1.86 bits per heavy atom. The number of rotatable bonds is 8. The van der Waals surface area contributed by atoms with Gasteiger partial charge in [-0.2, -0.15) is 16.1 Å². The second-order valence-electron chi connectivity index (χ2n) is 6.66. The molecule has 1 amide bonds. The molecule has 1 fully saturated rings. The summed E-state index contributed by atoms with van der Waals surface area (Å²) in [5.41, 5.74) is 0.608. The number of sulfonamides is 1. The maximum atomic E-state index is 13.6. The van der Waals surface area contributed by atoms with Crippen molar-refractivity contribution in [3.05, 3.63) is 65.7 Å². The second kappa shape index (κ2) is 9.69. The topological polar surface area (TPSA) is 66.5 Å². The molecule has 1 aliphatic heterocycles. The van der Waals surface area contributed by atoms with Crippen LogP contribution in [0.15, 0.2) is 53.4 Å². The van der Waals surface area contributed by atoms with Gasteiger partial charge in [0.25, 0.3) is 0 Å². The normalized spacial score (nSPS) is 17.4. The van der Waals surface area contributed by atoms with Gasteiger partial charge >= 0.3 is 0 Å². The third-order valence-corrected chi connectivity index (χ3v) is 7.62. The summed E-state index contributed by atoms with van der Waals surface area (Å²) < 4.78 is 53.5. The molecular formula is C20H22F2N2O3S2. The minimum absolute atomic E-state index is 0.0287. The predicted octanol–water partition coefficient (Wildman–Crippen LogP) is 3.17. The first kappa shape index (κ1) is 21.7. The van der Waals surface area contributed by atoms with Gasteiger partial charge in [-0.1, -0.05) is 18.2 Å². The molecule has 1 N–H and O–H groups in total. The van der Waals surface area contributed by atoms with Crippen molar-refractivity contribution < 1.29 is 22.0 Å². The summed E-state index contributed by atoms with van der Waals surface area (Å²) in [7, 11) is -3.87. The summed E-state index contributed by atoms with van der Waals surface area (Å²) in [4.78, 5) is 12.5. The number of halogens is 2. The highest BCUT2D eigenvalue weighted by Gasteiger charge is 2.39. The summed E-state index contributed by atoms with van der Waals surface area (Å²) in [6.45, 7) is 0.610. The standard InChI is InChI=1S/C20H22F2N2O3S2/c21-16-7-9-17(10-8-16)29(26,27)24-12-3-6-19(24)20(25)23-11-13-28-14-15-4-1-2-5-18(15)22/h1-2,4-5,7-10,19H,3,6,11-14H2,(H,23,25). The first-order chi connectivity index (χ1) is 13.9. The lowest BCUT2D eigenvalue weighted by Crippen LogP contribution is -2.46. The van der Waals surface area contributed by atoms with Gasteiger partial charge in [0, 0.05) is 24.6 Å². The predicted molar refractivity (Wildman–Crippen MR) is 109 cm³/mol. The van der Waals surface area contributed by atoms with E-state index in [0.29, 0.717) is 36.5 Å². The van der Waals surface area contributed by atoms with Gasteiger partial charge in [-0.05, 0) is 48.7 Å². The SMILES string of the molecule is O=C(NCCSCc1ccccc1F)C1CCCN1S(=O)(=O)c1ccc(F)cc1. The van der Waals surface area contributed by atoms with Crippen molar-refractivity contribution >= 4 is 27.7 Å². The lowest BCUT2D eigenvalue weighted by Gasteiger charge is -2.23. The highest BCUT2D eigenvalue weighted by molar-refractivity contribution is 7.98. The number of nitrogens with zero attached hydrogens (tertiary/aromatic N) is 1. The zero-order valence-electron chi connectivity index (χ0n) is 15.7. The number of hydrogen-bond acceptors (Lipinski definition) is 4. The molecule has 3 rings (SSSR count). The molecular weight excluding hydrogens is 418 g/mol. The molecule has 1 atom stereocenters. The van der Waals surface area contributed by atoms with Crippen LogP contribution in [-0.4, -0.2) is 43.5 Å². The fourth-order valence-electron chi connectivity index (χ4n) is 3.19. The van der Waals surface area contributed by atoms with E-state index in [0.717, 1.165) is 12.1 Å². The average Bonchev–Trinajstić information content (AvgIpc) is 3.20. The van der Waals surface area contributed by atoms with E-state index in [1.54, 1.807) is 18.2 Å². The molecule has 0 spiro atoms. The monoisotopic (exact) mass is 440 g/mol. The van der Waals surface area contributed by atoms with Crippen LogP contribution in [-0.2, 0) is 20.6 Å². The first-order valence-electron chi connectivity index (χ1n) is 9.26. The largest absolute Gasteiger partial charge is 0.354 e. The van der Waals surface area contributed by atoms with Gasteiger partial charge in [0.05, 0.1) is 4.90 Å². The summed E-state index contributed by atoms with van der Waals surface area (Å²) in [6.07, 6.45) is 1.02. The summed E-state index contributed by atoms with van der Waals surface area (Å²) in [6, 6.07) is 10.4. The van der Waals surface area contributed by atoms with Crippen LogP contribution in [0, 0.1) is 11.6 Å². The number of carbonyl (C=O) groups is 1. The van der Waals surface area contributed by atoms with E-state index in [1.165, 1.54) is 34.3 Å². The smallest absolute Gasteiger partial charge is 0.243 e. The molecule has 2 aromatic rings. The maximum absolute atomic E-state index is 13.6. The van der Waals surface area contributed by atoms with Crippen molar-refractivity contribution in [3.8, 4) is 0 Å². The van der Waals surface area contributed by atoms with Crippen LogP contribution < -0.4 is 5.32 Å². The van der Waals surface area contributed by atoms with E-state index >= 15 is 0 Å². The average molecular weight is 441 g/mol. The zero-order valence-corrected chi connectivity index (χ0v) is 17.3. The Morgan fingerprint density at radius 1 is 1.14 bits per heavy atom. The molecule has 1 heterocycles. The summed E-state index contributed by atoms with van der Waals surface area (Å²) in [5.74, 6) is -0.0435. The highest BCUT2D eigenvalue weighted by Crippen LogP contribution is 2.26. The third-order valence-electron chi connectivity index (χ3n) is 4.69. The Bertz CT molecular complexity index is 952. The molecule has 1 aliphatic rings. The van der Waals surface area contributed by atoms with E-state index in [2.05, 4.69) is 5.32 Å². The first-order valence-corrected chi connectivity index (χ1v) is 11.9. The Balaban J connectivity index is 1.52. The van der Waals surface area contributed by atoms with E-state index in [9.17, 15) is 22.0 Å². The molecule has 0 bridgehead atoms. The van der Waals surface area contributed by atoms with Gasteiger partial charge in [0.2, 0.25) is 15.9 Å². The van der Waals surface area contributed by atoms with E-state index < -0.39 is 21.9 Å². The second-order valence-corrected chi connectivity index (χ2v) is 9.66. The molecule has 29 heavy (non-hydrogen) atoms. The molecule has 0 saturated carbocycles. The zero-order chi connectivity index (χ0) is 20.9. The van der Waals surface area contributed by atoms with Gasteiger partial charge in [0.1, 0.15) is 17.7 Å². The summed E-state index contributed by atoms with van der Waals surface area (Å²) >= 11 is 1.49. The number of amides is 1. The van der Waals surface area contributed by atoms with E-state index in [4.69, 9.17) is 0 Å². The van der Waals surface area contributed by atoms with Crippen molar-refractivity contribution in [2.45, 2.75) is 29.5 Å². The van der Waals surface area contributed by atoms with Crippen LogP contribution in [0.4, 0.5) is 8.78 Å². The fraction of sp³-hybridized carbons (Fsp3) is 0.350. The lowest BCUT2D eigenvalue weighted by atomic mass is 10.2. The molecule has 2 aromatic carbocycles. The van der Waals surface area contributed by atoms with Crippen LogP contribution in [0.1, 0.15) is 18.4 Å². The van der Waals surface area contributed by atoms with Gasteiger partial charge < -0.3 is 5.32 Å². The van der Waals surface area contributed by atoms with Crippen molar-refractivity contribution in [1.82, 2.24) is 9.62 Å². The molecule has 156 valence electrons. The van der Waals surface area contributed by atoms with Gasteiger partial charge in [0.15, 0.2) is 0 Å². The van der Waals surface area contributed by atoms with Crippen LogP contribution in [0.5, 0.6) is 0 Å². The molecule has 9 heteroatoms. The molecule has 1 saturated heterocycles. The van der Waals surface area contributed by atoms with Crippen molar-refractivity contribution in [3.63, 3.8) is 0 Å². The van der Waals surface area contributed by atoms with Crippen LogP contribution in [0.25, 0.3) is 0 Å².